The minimum absolute atomic E-state index is 0.164. The van der Waals surface area contributed by atoms with E-state index in [1.165, 1.54) is 28.6 Å². The summed E-state index contributed by atoms with van der Waals surface area (Å²) in [6.07, 6.45) is 0.865. The number of fused-ring (bicyclic) bond motifs is 1. The summed E-state index contributed by atoms with van der Waals surface area (Å²) in [5.41, 5.74) is 7.36. The van der Waals surface area contributed by atoms with E-state index in [4.69, 9.17) is 5.73 Å². The van der Waals surface area contributed by atoms with Crippen molar-refractivity contribution < 1.29 is 9.18 Å². The van der Waals surface area contributed by atoms with Crippen LogP contribution in [-0.2, 0) is 13.0 Å². The molecule has 0 radical (unpaired) electrons. The van der Waals surface area contributed by atoms with Crippen LogP contribution >= 0.6 is 11.3 Å². The molecule has 0 aliphatic carbocycles. The van der Waals surface area contributed by atoms with Gasteiger partial charge in [-0.2, -0.15) is 0 Å². The number of thiophene rings is 1. The molecule has 0 fully saturated rings. The first-order chi connectivity index (χ1) is 9.13. The molecule has 3 rings (SSSR count). The highest BCUT2D eigenvalue weighted by Gasteiger charge is 2.22. The first kappa shape index (κ1) is 12.2. The number of carbonyl (C=O) groups is 1. The molecule has 3 nitrogen and oxygen atoms in total. The molecule has 1 aliphatic rings. The summed E-state index contributed by atoms with van der Waals surface area (Å²) < 4.78 is 13.3. The van der Waals surface area contributed by atoms with Crippen molar-refractivity contribution in [2.75, 3.05) is 12.3 Å². The molecule has 0 saturated heterocycles. The van der Waals surface area contributed by atoms with Gasteiger partial charge in [0, 0.05) is 29.2 Å². The maximum atomic E-state index is 13.3. The van der Waals surface area contributed by atoms with Crippen molar-refractivity contribution in [3.8, 4) is 0 Å². The zero-order valence-electron chi connectivity index (χ0n) is 10.2. The molecule has 98 valence electrons. The van der Waals surface area contributed by atoms with Crippen LogP contribution < -0.4 is 5.73 Å². The third-order valence-corrected chi connectivity index (χ3v) is 4.28. The Balaban J connectivity index is 1.85. The fraction of sp³-hybridized carbons (Fsp3) is 0.214. The Morgan fingerprint density at radius 3 is 3.00 bits per heavy atom. The number of rotatable bonds is 1. The normalized spacial score (nSPS) is 14.3. The molecule has 1 aliphatic heterocycles. The lowest BCUT2D eigenvalue weighted by Crippen LogP contribution is -2.35. The van der Waals surface area contributed by atoms with Gasteiger partial charge in [0.05, 0.1) is 0 Å². The van der Waals surface area contributed by atoms with Crippen LogP contribution in [0.2, 0.25) is 0 Å². The van der Waals surface area contributed by atoms with Gasteiger partial charge in [-0.3, -0.25) is 4.79 Å². The largest absolute Gasteiger partial charge is 0.399 e. The fourth-order valence-electron chi connectivity index (χ4n) is 2.34. The Kier molecular flexibility index (Phi) is 2.98. The van der Waals surface area contributed by atoms with Crippen molar-refractivity contribution in [1.82, 2.24) is 4.90 Å². The van der Waals surface area contributed by atoms with Gasteiger partial charge in [-0.05, 0) is 41.6 Å². The summed E-state index contributed by atoms with van der Waals surface area (Å²) in [6.45, 7) is 1.26. The van der Waals surface area contributed by atoms with Crippen molar-refractivity contribution in [3.63, 3.8) is 0 Å². The Hall–Kier alpha value is -1.88. The highest BCUT2D eigenvalue weighted by atomic mass is 32.1. The molecule has 2 N–H and O–H groups in total. The minimum Gasteiger partial charge on any atom is -0.399 e. The molecule has 0 bridgehead atoms. The molecule has 5 heteroatoms. The molecule has 1 amide bonds. The Morgan fingerprint density at radius 2 is 2.21 bits per heavy atom. The fourth-order valence-corrected chi connectivity index (χ4v) is 3.23. The molecule has 2 aromatic rings. The van der Waals surface area contributed by atoms with Gasteiger partial charge in [0.1, 0.15) is 5.82 Å². The summed E-state index contributed by atoms with van der Waals surface area (Å²) in [4.78, 5) is 15.4. The van der Waals surface area contributed by atoms with Gasteiger partial charge in [0.2, 0.25) is 0 Å². The predicted molar refractivity (Wildman–Crippen MR) is 73.6 cm³/mol. The Morgan fingerprint density at radius 1 is 1.37 bits per heavy atom. The monoisotopic (exact) mass is 276 g/mol. The summed E-state index contributed by atoms with van der Waals surface area (Å²) in [5.74, 6) is -0.639. The average molecular weight is 276 g/mol. The summed E-state index contributed by atoms with van der Waals surface area (Å²) >= 11 is 1.72. The third kappa shape index (κ3) is 2.33. The molecule has 2 heterocycles. The van der Waals surface area contributed by atoms with Gasteiger partial charge in [-0.1, -0.05) is 0 Å². The number of nitrogens with zero attached hydrogens (tertiary/aromatic N) is 1. The number of hydrogen-bond donors (Lipinski definition) is 1. The van der Waals surface area contributed by atoms with E-state index in [0.29, 0.717) is 18.7 Å². The van der Waals surface area contributed by atoms with Gasteiger partial charge in [-0.25, -0.2) is 4.39 Å². The van der Waals surface area contributed by atoms with Gasteiger partial charge < -0.3 is 10.6 Å². The number of anilines is 1. The molecule has 19 heavy (non-hydrogen) atoms. The number of carbonyl (C=O) groups excluding carboxylic acids is 1. The smallest absolute Gasteiger partial charge is 0.254 e. The van der Waals surface area contributed by atoms with E-state index >= 15 is 0 Å². The van der Waals surface area contributed by atoms with Crippen LogP contribution in [0.25, 0.3) is 0 Å². The van der Waals surface area contributed by atoms with Crippen LogP contribution in [0.15, 0.2) is 29.6 Å². The summed E-state index contributed by atoms with van der Waals surface area (Å²) in [6, 6.07) is 6.01. The van der Waals surface area contributed by atoms with Crippen molar-refractivity contribution >= 4 is 22.9 Å². The topological polar surface area (TPSA) is 46.3 Å². The van der Waals surface area contributed by atoms with Crippen LogP contribution in [0.4, 0.5) is 10.1 Å². The number of halogens is 1. The summed E-state index contributed by atoms with van der Waals surface area (Å²) in [5, 5.41) is 2.04. The first-order valence-corrected chi connectivity index (χ1v) is 6.92. The zero-order valence-corrected chi connectivity index (χ0v) is 11.0. The second-order valence-electron chi connectivity index (χ2n) is 4.62. The van der Waals surface area contributed by atoms with E-state index in [1.54, 1.807) is 16.2 Å². The second-order valence-corrected chi connectivity index (χ2v) is 5.62. The molecule has 1 aromatic heterocycles. The van der Waals surface area contributed by atoms with Crippen molar-refractivity contribution in [2.45, 2.75) is 13.0 Å². The van der Waals surface area contributed by atoms with Crippen LogP contribution in [-0.4, -0.2) is 17.4 Å². The van der Waals surface area contributed by atoms with E-state index in [-0.39, 0.29) is 11.6 Å². The number of nitrogens with two attached hydrogens (primary N) is 1. The van der Waals surface area contributed by atoms with Gasteiger partial charge >= 0.3 is 0 Å². The number of nitrogen functional groups attached to an aromatic ring is 1. The van der Waals surface area contributed by atoms with Crippen LogP contribution in [0.1, 0.15) is 20.8 Å². The highest BCUT2D eigenvalue weighted by molar-refractivity contribution is 7.10. The quantitative estimate of drug-likeness (QED) is 0.814. The van der Waals surface area contributed by atoms with E-state index in [9.17, 15) is 9.18 Å². The molecule has 0 spiro atoms. The zero-order chi connectivity index (χ0) is 13.4. The van der Waals surface area contributed by atoms with E-state index in [0.717, 1.165) is 6.42 Å². The number of benzene rings is 1. The Labute approximate surface area is 114 Å². The lowest BCUT2D eigenvalue weighted by atomic mass is 10.1. The van der Waals surface area contributed by atoms with Gasteiger partial charge in [-0.15, -0.1) is 11.3 Å². The van der Waals surface area contributed by atoms with Crippen molar-refractivity contribution in [1.29, 1.82) is 0 Å². The molecular weight excluding hydrogens is 263 g/mol. The third-order valence-electron chi connectivity index (χ3n) is 3.26. The molecule has 0 atom stereocenters. The highest BCUT2D eigenvalue weighted by Crippen LogP contribution is 2.25. The molecular formula is C14H13FN2OS. The lowest BCUT2D eigenvalue weighted by molar-refractivity contribution is 0.0735. The summed E-state index contributed by atoms with van der Waals surface area (Å²) in [7, 11) is 0. The van der Waals surface area contributed by atoms with Crippen molar-refractivity contribution in [2.24, 2.45) is 0 Å². The second kappa shape index (κ2) is 4.66. The SMILES string of the molecule is Nc1cc(F)cc(C(=O)N2CCc3sccc3C2)c1. The lowest BCUT2D eigenvalue weighted by Gasteiger charge is -2.27. The molecule has 1 aromatic carbocycles. The van der Waals surface area contributed by atoms with Gasteiger partial charge in [0.15, 0.2) is 0 Å². The number of hydrogen-bond acceptors (Lipinski definition) is 3. The number of amides is 1. The minimum atomic E-state index is -0.475. The Bertz CT molecular complexity index is 618. The first-order valence-electron chi connectivity index (χ1n) is 6.04. The molecule has 0 unspecified atom stereocenters. The van der Waals surface area contributed by atoms with E-state index in [1.807, 2.05) is 11.4 Å². The van der Waals surface area contributed by atoms with E-state index in [2.05, 4.69) is 0 Å². The van der Waals surface area contributed by atoms with Crippen LogP contribution in [0.5, 0.6) is 0 Å². The average Bonchev–Trinajstić information content (AvgIpc) is 2.83. The predicted octanol–water partition coefficient (Wildman–Crippen LogP) is 2.67. The maximum Gasteiger partial charge on any atom is 0.254 e. The molecule has 0 saturated carbocycles. The van der Waals surface area contributed by atoms with Gasteiger partial charge in [0.25, 0.3) is 5.91 Å². The maximum absolute atomic E-state index is 13.3. The van der Waals surface area contributed by atoms with Crippen LogP contribution in [0, 0.1) is 5.82 Å². The van der Waals surface area contributed by atoms with E-state index < -0.39 is 5.82 Å². The van der Waals surface area contributed by atoms with Crippen LogP contribution in [0.3, 0.4) is 0 Å². The standard InChI is InChI=1S/C14H13FN2OS/c15-11-5-10(6-12(16)7-11)14(18)17-3-1-13-9(8-17)2-4-19-13/h2,4-7H,1,3,8,16H2. The van der Waals surface area contributed by atoms with Crippen molar-refractivity contribution in [3.05, 3.63) is 51.5 Å².